The smallest absolute Gasteiger partial charge is 0.205 e. The van der Waals surface area contributed by atoms with Crippen LogP contribution in [-0.4, -0.2) is 10.8 Å². The van der Waals surface area contributed by atoms with Crippen molar-refractivity contribution in [2.45, 2.75) is 25.7 Å². The first kappa shape index (κ1) is 13.5. The summed E-state index contributed by atoms with van der Waals surface area (Å²) >= 11 is 1.41. The molecule has 3 aromatic rings. The minimum atomic E-state index is -0.0147. The Kier molecular flexibility index (Phi) is 3.19. The summed E-state index contributed by atoms with van der Waals surface area (Å²) in [5.41, 5.74) is 9.98. The molecule has 22 heavy (non-hydrogen) atoms. The van der Waals surface area contributed by atoms with Crippen molar-refractivity contribution >= 4 is 33.0 Å². The van der Waals surface area contributed by atoms with Gasteiger partial charge in [-0.2, -0.15) is 0 Å². The van der Waals surface area contributed by atoms with Crippen molar-refractivity contribution in [3.63, 3.8) is 0 Å². The van der Waals surface area contributed by atoms with E-state index in [1.807, 2.05) is 30.3 Å². The summed E-state index contributed by atoms with van der Waals surface area (Å²) in [7, 11) is 0. The number of thiophene rings is 1. The average molecular weight is 308 g/mol. The number of anilines is 1. The number of pyridine rings is 1. The van der Waals surface area contributed by atoms with Crippen LogP contribution in [0.15, 0.2) is 36.4 Å². The molecule has 0 unspecified atom stereocenters. The van der Waals surface area contributed by atoms with Crippen LogP contribution in [0.4, 0.5) is 5.69 Å². The van der Waals surface area contributed by atoms with E-state index < -0.39 is 0 Å². The molecule has 1 aliphatic rings. The van der Waals surface area contributed by atoms with E-state index in [4.69, 9.17) is 10.7 Å². The molecular formula is C18H16N2OS. The number of benzene rings is 1. The Morgan fingerprint density at radius 1 is 1.14 bits per heavy atom. The highest BCUT2D eigenvalue weighted by molar-refractivity contribution is 7.21. The Balaban J connectivity index is 1.85. The molecule has 1 aromatic carbocycles. The third-order valence-corrected chi connectivity index (χ3v) is 5.36. The Hall–Kier alpha value is -2.20. The lowest BCUT2D eigenvalue weighted by Gasteiger charge is -2.14. The van der Waals surface area contributed by atoms with Crippen LogP contribution in [0.1, 0.15) is 39.3 Å². The molecule has 4 rings (SSSR count). The molecule has 110 valence electrons. The highest BCUT2D eigenvalue weighted by Gasteiger charge is 2.21. The normalized spacial score (nSPS) is 14.0. The third kappa shape index (κ3) is 2.11. The molecule has 4 heteroatoms. The zero-order chi connectivity index (χ0) is 15.1. The molecule has 0 radical (unpaired) electrons. The summed E-state index contributed by atoms with van der Waals surface area (Å²) in [5.74, 6) is -0.0147. The van der Waals surface area contributed by atoms with Crippen LogP contribution in [0.25, 0.3) is 10.2 Å². The molecule has 0 saturated carbocycles. The highest BCUT2D eigenvalue weighted by atomic mass is 32.1. The van der Waals surface area contributed by atoms with E-state index in [-0.39, 0.29) is 5.78 Å². The van der Waals surface area contributed by atoms with Crippen molar-refractivity contribution in [2.24, 2.45) is 0 Å². The van der Waals surface area contributed by atoms with E-state index in [2.05, 4.69) is 6.07 Å². The number of nitrogens with two attached hydrogens (primary N) is 1. The van der Waals surface area contributed by atoms with Gasteiger partial charge in [-0.1, -0.05) is 30.3 Å². The molecule has 0 aliphatic heterocycles. The number of rotatable bonds is 2. The molecule has 2 aromatic heterocycles. The van der Waals surface area contributed by atoms with E-state index in [0.29, 0.717) is 16.1 Å². The maximum Gasteiger partial charge on any atom is 0.205 e. The van der Waals surface area contributed by atoms with E-state index in [0.717, 1.165) is 23.1 Å². The zero-order valence-electron chi connectivity index (χ0n) is 12.1. The Labute approximate surface area is 132 Å². The average Bonchev–Trinajstić information content (AvgIpc) is 2.89. The van der Waals surface area contributed by atoms with E-state index in [1.54, 1.807) is 0 Å². The predicted molar refractivity (Wildman–Crippen MR) is 90.5 cm³/mol. The van der Waals surface area contributed by atoms with Gasteiger partial charge in [0.25, 0.3) is 0 Å². The van der Waals surface area contributed by atoms with Gasteiger partial charge in [0.2, 0.25) is 5.78 Å². The number of hydrogen-bond donors (Lipinski definition) is 1. The standard InChI is InChI=1S/C18H16N2OS/c19-15-13-10-12-8-4-5-9-14(12)20-18(13)22-17(15)16(21)11-6-2-1-3-7-11/h1-3,6-7,10H,4-5,8-9,19H2. The van der Waals surface area contributed by atoms with Crippen molar-refractivity contribution in [1.82, 2.24) is 4.98 Å². The van der Waals surface area contributed by atoms with E-state index in [1.165, 1.54) is 35.4 Å². The Morgan fingerprint density at radius 3 is 2.73 bits per heavy atom. The van der Waals surface area contributed by atoms with Crippen LogP contribution in [0, 0.1) is 0 Å². The quantitative estimate of drug-likeness (QED) is 0.728. The Bertz CT molecular complexity index is 868. The number of nitrogens with zero attached hydrogens (tertiary/aromatic N) is 1. The molecule has 0 saturated heterocycles. The molecule has 2 heterocycles. The number of carbonyl (C=O) groups is 1. The monoisotopic (exact) mass is 308 g/mol. The van der Waals surface area contributed by atoms with Gasteiger partial charge >= 0.3 is 0 Å². The van der Waals surface area contributed by atoms with Gasteiger partial charge in [0.05, 0.1) is 5.69 Å². The number of aryl methyl sites for hydroxylation is 2. The van der Waals surface area contributed by atoms with Crippen molar-refractivity contribution in [2.75, 3.05) is 5.73 Å². The number of carbonyl (C=O) groups excluding carboxylic acids is 1. The maximum atomic E-state index is 12.7. The lowest BCUT2D eigenvalue weighted by atomic mass is 9.95. The largest absolute Gasteiger partial charge is 0.397 e. The molecule has 0 atom stereocenters. The molecule has 0 spiro atoms. The number of nitrogen functional groups attached to an aromatic ring is 1. The van der Waals surface area contributed by atoms with Crippen LogP contribution in [0.3, 0.4) is 0 Å². The minimum absolute atomic E-state index is 0.0147. The zero-order valence-corrected chi connectivity index (χ0v) is 13.0. The second-order valence-electron chi connectivity index (χ2n) is 5.69. The van der Waals surface area contributed by atoms with Crippen molar-refractivity contribution in [3.8, 4) is 0 Å². The van der Waals surface area contributed by atoms with Gasteiger partial charge in [0.15, 0.2) is 0 Å². The fraction of sp³-hybridized carbons (Fsp3) is 0.222. The Morgan fingerprint density at radius 2 is 1.91 bits per heavy atom. The van der Waals surface area contributed by atoms with Gasteiger partial charge in [-0.05, 0) is 37.3 Å². The predicted octanol–water partition coefficient (Wildman–Crippen LogP) is 3.99. The summed E-state index contributed by atoms with van der Waals surface area (Å²) in [4.78, 5) is 18.9. The first-order chi connectivity index (χ1) is 10.7. The SMILES string of the molecule is Nc1c(C(=O)c2ccccc2)sc2nc3c(cc12)CCCC3. The van der Waals surface area contributed by atoms with Gasteiger partial charge in [-0.25, -0.2) is 4.98 Å². The summed E-state index contributed by atoms with van der Waals surface area (Å²) in [5, 5.41) is 0.935. The molecule has 0 amide bonds. The van der Waals surface area contributed by atoms with Gasteiger partial charge in [-0.3, -0.25) is 4.79 Å². The van der Waals surface area contributed by atoms with Crippen molar-refractivity contribution < 1.29 is 4.79 Å². The lowest BCUT2D eigenvalue weighted by Crippen LogP contribution is -2.05. The first-order valence-corrected chi connectivity index (χ1v) is 8.36. The maximum absolute atomic E-state index is 12.7. The second-order valence-corrected chi connectivity index (χ2v) is 6.69. The van der Waals surface area contributed by atoms with Gasteiger partial charge < -0.3 is 5.73 Å². The summed E-state index contributed by atoms with van der Waals surface area (Å²) in [6, 6.07) is 11.4. The number of ketones is 1. The molecule has 2 N–H and O–H groups in total. The number of aromatic nitrogens is 1. The highest BCUT2D eigenvalue weighted by Crippen LogP contribution is 2.36. The summed E-state index contributed by atoms with van der Waals surface area (Å²) < 4.78 is 0. The minimum Gasteiger partial charge on any atom is -0.397 e. The van der Waals surface area contributed by atoms with Crippen molar-refractivity contribution in [3.05, 3.63) is 58.1 Å². The first-order valence-electron chi connectivity index (χ1n) is 7.54. The van der Waals surface area contributed by atoms with Gasteiger partial charge in [-0.15, -0.1) is 11.3 Å². The van der Waals surface area contributed by atoms with E-state index >= 15 is 0 Å². The van der Waals surface area contributed by atoms with Crippen LogP contribution < -0.4 is 5.73 Å². The summed E-state index contributed by atoms with van der Waals surface area (Å²) in [6.45, 7) is 0. The second kappa shape index (κ2) is 5.21. The van der Waals surface area contributed by atoms with Crippen LogP contribution in [0.5, 0.6) is 0 Å². The number of hydrogen-bond acceptors (Lipinski definition) is 4. The van der Waals surface area contributed by atoms with Crippen molar-refractivity contribution in [1.29, 1.82) is 0 Å². The topological polar surface area (TPSA) is 56.0 Å². The lowest BCUT2D eigenvalue weighted by molar-refractivity contribution is 0.104. The summed E-state index contributed by atoms with van der Waals surface area (Å²) in [6.07, 6.45) is 4.50. The fourth-order valence-corrected chi connectivity index (χ4v) is 4.11. The molecular weight excluding hydrogens is 292 g/mol. The van der Waals surface area contributed by atoms with Crippen LogP contribution >= 0.6 is 11.3 Å². The third-order valence-electron chi connectivity index (χ3n) is 4.24. The fourth-order valence-electron chi connectivity index (χ4n) is 3.05. The van der Waals surface area contributed by atoms with Crippen LogP contribution in [0.2, 0.25) is 0 Å². The van der Waals surface area contributed by atoms with Crippen LogP contribution in [-0.2, 0) is 12.8 Å². The number of fused-ring (bicyclic) bond motifs is 2. The molecule has 3 nitrogen and oxygen atoms in total. The van der Waals surface area contributed by atoms with E-state index in [9.17, 15) is 4.79 Å². The van der Waals surface area contributed by atoms with Gasteiger partial charge in [0, 0.05) is 16.6 Å². The molecule has 0 fully saturated rings. The molecule has 0 bridgehead atoms. The molecule has 1 aliphatic carbocycles. The van der Waals surface area contributed by atoms with Gasteiger partial charge in [0.1, 0.15) is 9.71 Å².